The van der Waals surface area contributed by atoms with Crippen LogP contribution in [0.5, 0.6) is 5.75 Å². The summed E-state index contributed by atoms with van der Waals surface area (Å²) in [5, 5.41) is 10.6. The number of likely N-dealkylation sites (N-methyl/N-ethyl adjacent to an activating group) is 1. The first kappa shape index (κ1) is 22.4. The summed E-state index contributed by atoms with van der Waals surface area (Å²) in [6.45, 7) is 3.53. The molecule has 3 rings (SSSR count). The number of nitrogens with zero attached hydrogens (tertiary/aromatic N) is 2. The summed E-state index contributed by atoms with van der Waals surface area (Å²) >= 11 is 0. The highest BCUT2D eigenvalue weighted by molar-refractivity contribution is 6.14. The Hall–Kier alpha value is -3.32. The number of aliphatic hydroxyl groups excluding tert-OH is 1. The third kappa shape index (κ3) is 5.24. The molecular formula is C24H28N2O5. The standard InChI is InChI=1S/C24H28N2O5/c1-4-14-30-19-8-5-7-17(16-19)22-21(20(27)11-10-18-9-6-15-31-18)23(28)24(29)26(22)13-12-25(2)3/h5-11,15-16,22,28H,4,12-14H2,1-3H3/b11-10+. The van der Waals surface area contributed by atoms with E-state index in [0.29, 0.717) is 36.8 Å². The molecule has 1 aromatic carbocycles. The van der Waals surface area contributed by atoms with Crippen LogP contribution >= 0.6 is 0 Å². The van der Waals surface area contributed by atoms with E-state index in [2.05, 4.69) is 0 Å². The van der Waals surface area contributed by atoms with Gasteiger partial charge in [0.05, 0.1) is 24.5 Å². The van der Waals surface area contributed by atoms with Crippen LogP contribution in [-0.4, -0.2) is 60.4 Å². The second kappa shape index (κ2) is 10.1. The second-order valence-corrected chi connectivity index (χ2v) is 7.60. The quantitative estimate of drug-likeness (QED) is 0.587. The number of furan rings is 1. The zero-order valence-corrected chi connectivity index (χ0v) is 18.1. The molecular weight excluding hydrogens is 396 g/mol. The van der Waals surface area contributed by atoms with Crippen molar-refractivity contribution < 1.29 is 23.8 Å². The van der Waals surface area contributed by atoms with Crippen LogP contribution in [0.15, 0.2) is 64.5 Å². The minimum absolute atomic E-state index is 0.0548. The van der Waals surface area contributed by atoms with Crippen molar-refractivity contribution in [3.63, 3.8) is 0 Å². The predicted octanol–water partition coefficient (Wildman–Crippen LogP) is 3.61. The van der Waals surface area contributed by atoms with Gasteiger partial charge in [-0.25, -0.2) is 0 Å². The summed E-state index contributed by atoms with van der Waals surface area (Å²) in [5.41, 5.74) is 0.763. The molecule has 1 amide bonds. The minimum atomic E-state index is -0.702. The number of ether oxygens (including phenoxy) is 1. The predicted molar refractivity (Wildman–Crippen MR) is 118 cm³/mol. The first-order chi connectivity index (χ1) is 14.9. The van der Waals surface area contributed by atoms with E-state index in [1.54, 1.807) is 12.1 Å². The van der Waals surface area contributed by atoms with E-state index in [1.807, 2.05) is 50.2 Å². The monoisotopic (exact) mass is 424 g/mol. The number of carbonyl (C=O) groups is 2. The van der Waals surface area contributed by atoms with Gasteiger partial charge in [0.1, 0.15) is 11.5 Å². The third-order valence-corrected chi connectivity index (χ3v) is 4.95. The van der Waals surface area contributed by atoms with Gasteiger partial charge in [-0.1, -0.05) is 19.1 Å². The van der Waals surface area contributed by atoms with E-state index in [0.717, 1.165) is 6.42 Å². The van der Waals surface area contributed by atoms with Crippen molar-refractivity contribution in [3.05, 3.63) is 71.4 Å². The fraction of sp³-hybridized carbons (Fsp3) is 0.333. The Balaban J connectivity index is 1.97. The summed E-state index contributed by atoms with van der Waals surface area (Å²) in [6, 6.07) is 10.0. The Morgan fingerprint density at radius 2 is 2.10 bits per heavy atom. The molecule has 0 spiro atoms. The topological polar surface area (TPSA) is 83.2 Å². The summed E-state index contributed by atoms with van der Waals surface area (Å²) in [7, 11) is 3.81. The van der Waals surface area contributed by atoms with Gasteiger partial charge in [-0.15, -0.1) is 0 Å². The summed E-state index contributed by atoms with van der Waals surface area (Å²) in [6.07, 6.45) is 5.21. The largest absolute Gasteiger partial charge is 0.503 e. The van der Waals surface area contributed by atoms with Crippen LogP contribution in [0.1, 0.15) is 30.7 Å². The molecule has 7 nitrogen and oxygen atoms in total. The molecule has 0 fully saturated rings. The molecule has 7 heteroatoms. The van der Waals surface area contributed by atoms with E-state index in [4.69, 9.17) is 9.15 Å². The van der Waals surface area contributed by atoms with Crippen LogP contribution in [0.3, 0.4) is 0 Å². The average Bonchev–Trinajstić information content (AvgIpc) is 3.36. The van der Waals surface area contributed by atoms with Gasteiger partial charge >= 0.3 is 0 Å². The molecule has 1 unspecified atom stereocenters. The number of hydrogen-bond acceptors (Lipinski definition) is 6. The molecule has 1 N–H and O–H groups in total. The lowest BCUT2D eigenvalue weighted by Gasteiger charge is -2.28. The lowest BCUT2D eigenvalue weighted by Crippen LogP contribution is -2.36. The third-order valence-electron chi connectivity index (χ3n) is 4.95. The maximum atomic E-state index is 13.1. The molecule has 0 saturated carbocycles. The van der Waals surface area contributed by atoms with E-state index < -0.39 is 23.5 Å². The van der Waals surface area contributed by atoms with Gasteiger partial charge in [0.25, 0.3) is 5.91 Å². The first-order valence-corrected chi connectivity index (χ1v) is 10.3. The number of hydrogen-bond donors (Lipinski definition) is 1. The molecule has 2 aromatic rings. The SMILES string of the molecule is CCCOc1cccc(C2C(C(=O)/C=C/c3ccco3)=C(O)C(=O)N2CCN(C)C)c1. The highest BCUT2D eigenvalue weighted by atomic mass is 16.5. The van der Waals surface area contributed by atoms with E-state index in [9.17, 15) is 14.7 Å². The lowest BCUT2D eigenvalue weighted by molar-refractivity contribution is -0.129. The number of rotatable bonds is 10. The van der Waals surface area contributed by atoms with Crippen molar-refractivity contribution in [1.82, 2.24) is 9.80 Å². The van der Waals surface area contributed by atoms with Crippen LogP contribution in [0.25, 0.3) is 6.08 Å². The molecule has 1 aliphatic heterocycles. The van der Waals surface area contributed by atoms with Crippen molar-refractivity contribution in [1.29, 1.82) is 0 Å². The number of benzene rings is 1. The molecule has 1 aliphatic rings. The normalized spacial score (nSPS) is 16.7. The average molecular weight is 424 g/mol. The highest BCUT2D eigenvalue weighted by Crippen LogP contribution is 2.38. The number of aliphatic hydroxyl groups is 1. The Kier molecular flexibility index (Phi) is 7.31. The fourth-order valence-corrected chi connectivity index (χ4v) is 3.42. The maximum Gasteiger partial charge on any atom is 0.290 e. The van der Waals surface area contributed by atoms with Crippen molar-refractivity contribution in [2.45, 2.75) is 19.4 Å². The van der Waals surface area contributed by atoms with Crippen LogP contribution in [0.2, 0.25) is 0 Å². The summed E-state index contributed by atoms with van der Waals surface area (Å²) in [4.78, 5) is 29.4. The van der Waals surface area contributed by atoms with Gasteiger partial charge in [-0.3, -0.25) is 9.59 Å². The van der Waals surface area contributed by atoms with Crippen molar-refractivity contribution in [2.75, 3.05) is 33.8 Å². The van der Waals surface area contributed by atoms with E-state index >= 15 is 0 Å². The Bertz CT molecular complexity index is 976. The van der Waals surface area contributed by atoms with E-state index in [1.165, 1.54) is 23.3 Å². The summed E-state index contributed by atoms with van der Waals surface area (Å²) in [5.74, 6) is -0.351. The number of carbonyl (C=O) groups excluding carboxylic acids is 2. The van der Waals surface area contributed by atoms with Gasteiger partial charge in [0, 0.05) is 13.1 Å². The highest BCUT2D eigenvalue weighted by Gasteiger charge is 2.42. The molecule has 0 saturated heterocycles. The van der Waals surface area contributed by atoms with E-state index in [-0.39, 0.29) is 5.57 Å². The maximum absolute atomic E-state index is 13.1. The molecule has 1 atom stereocenters. The first-order valence-electron chi connectivity index (χ1n) is 10.3. The smallest absolute Gasteiger partial charge is 0.290 e. The Morgan fingerprint density at radius 3 is 2.77 bits per heavy atom. The van der Waals surface area contributed by atoms with Crippen LogP contribution in [0.4, 0.5) is 0 Å². The lowest BCUT2D eigenvalue weighted by atomic mass is 9.95. The van der Waals surface area contributed by atoms with Gasteiger partial charge in [-0.05, 0) is 62.5 Å². The van der Waals surface area contributed by atoms with Gasteiger partial charge in [0.2, 0.25) is 0 Å². The van der Waals surface area contributed by atoms with Gasteiger partial charge < -0.3 is 24.1 Å². The number of allylic oxidation sites excluding steroid dienone is 1. The van der Waals surface area contributed by atoms with Crippen LogP contribution in [-0.2, 0) is 9.59 Å². The summed E-state index contributed by atoms with van der Waals surface area (Å²) < 4.78 is 11.0. The Labute approximate surface area is 182 Å². The van der Waals surface area contributed by atoms with Crippen molar-refractivity contribution in [2.24, 2.45) is 0 Å². The van der Waals surface area contributed by atoms with Crippen molar-refractivity contribution in [3.8, 4) is 5.75 Å². The molecule has 0 radical (unpaired) electrons. The van der Waals surface area contributed by atoms with Crippen LogP contribution < -0.4 is 4.74 Å². The molecule has 2 heterocycles. The molecule has 0 aliphatic carbocycles. The minimum Gasteiger partial charge on any atom is -0.503 e. The van der Waals surface area contributed by atoms with Crippen LogP contribution in [0, 0.1) is 0 Å². The molecule has 31 heavy (non-hydrogen) atoms. The Morgan fingerprint density at radius 1 is 1.29 bits per heavy atom. The molecule has 164 valence electrons. The fourth-order valence-electron chi connectivity index (χ4n) is 3.42. The zero-order chi connectivity index (χ0) is 22.4. The zero-order valence-electron chi connectivity index (χ0n) is 18.1. The van der Waals surface area contributed by atoms with Gasteiger partial charge in [0.15, 0.2) is 11.5 Å². The molecule has 1 aromatic heterocycles. The number of amides is 1. The van der Waals surface area contributed by atoms with Crippen molar-refractivity contribution >= 4 is 17.8 Å². The van der Waals surface area contributed by atoms with Gasteiger partial charge in [-0.2, -0.15) is 0 Å². The number of ketones is 1. The second-order valence-electron chi connectivity index (χ2n) is 7.60. The molecule has 0 bridgehead atoms.